The predicted octanol–water partition coefficient (Wildman–Crippen LogP) is 1.18. The first-order valence-corrected chi connectivity index (χ1v) is 9.05. The number of aromatic carboxylic acids is 1. The topological polar surface area (TPSA) is 126 Å². The molecule has 10 heteroatoms. The van der Waals surface area contributed by atoms with E-state index >= 15 is 0 Å². The summed E-state index contributed by atoms with van der Waals surface area (Å²) in [5, 5.41) is 18.4. The van der Waals surface area contributed by atoms with E-state index in [1.807, 2.05) is 0 Å². The quantitative estimate of drug-likeness (QED) is 0.618. The highest BCUT2D eigenvalue weighted by Gasteiger charge is 2.20. The van der Waals surface area contributed by atoms with Gasteiger partial charge in [-0.2, -0.15) is 0 Å². The van der Waals surface area contributed by atoms with Crippen molar-refractivity contribution in [3.63, 3.8) is 0 Å². The maximum atomic E-state index is 12.1. The molecule has 1 fully saturated rings. The molecule has 0 aliphatic carbocycles. The van der Waals surface area contributed by atoms with E-state index in [0.717, 1.165) is 24.6 Å². The van der Waals surface area contributed by atoms with Crippen LogP contribution in [0.4, 0.5) is 5.69 Å². The van der Waals surface area contributed by atoms with Gasteiger partial charge in [0, 0.05) is 6.61 Å². The molecule has 0 bridgehead atoms. The van der Waals surface area contributed by atoms with Gasteiger partial charge in [0.1, 0.15) is 0 Å². The molecule has 1 aliphatic rings. The minimum absolute atomic E-state index is 0.0101. The molecule has 1 amide bonds. The number of rotatable bonds is 7. The molecule has 1 atom stereocenters. The molecule has 1 aromatic carbocycles. The van der Waals surface area contributed by atoms with Gasteiger partial charge in [-0.1, -0.05) is 23.9 Å². The number of hydrogen-bond acceptors (Lipinski definition) is 6. The molecular formula is C16H18N4O5S. The minimum Gasteiger partial charge on any atom is -0.478 e. The van der Waals surface area contributed by atoms with Crippen LogP contribution in [0.3, 0.4) is 0 Å². The third-order valence-electron chi connectivity index (χ3n) is 3.90. The third-order valence-corrected chi connectivity index (χ3v) is 4.87. The van der Waals surface area contributed by atoms with Gasteiger partial charge >= 0.3 is 11.7 Å². The molecule has 26 heavy (non-hydrogen) atoms. The number of aromatic amines is 1. The number of carbonyl (C=O) groups is 2. The molecule has 1 unspecified atom stereocenters. The number of ether oxygens (including phenoxy) is 1. The van der Waals surface area contributed by atoms with Crippen LogP contribution in [0.25, 0.3) is 0 Å². The third kappa shape index (κ3) is 4.33. The Balaban J connectivity index is 1.62. The van der Waals surface area contributed by atoms with Crippen LogP contribution in [0, 0.1) is 0 Å². The maximum Gasteiger partial charge on any atom is 0.344 e. The molecule has 3 rings (SSSR count). The first kappa shape index (κ1) is 18.2. The van der Waals surface area contributed by atoms with E-state index in [-0.39, 0.29) is 34.7 Å². The van der Waals surface area contributed by atoms with Crippen LogP contribution in [-0.4, -0.2) is 50.2 Å². The SMILES string of the molecule is O=C(CSc1n[nH]c(=O)n1CC1CCCO1)Nc1ccccc1C(=O)O. The van der Waals surface area contributed by atoms with Crippen LogP contribution in [0.2, 0.25) is 0 Å². The standard InChI is InChI=1S/C16H18N4O5S/c21-13(17-12-6-2-1-5-11(12)14(22)23)9-26-16-19-18-15(24)20(16)8-10-4-3-7-25-10/h1-2,5-6,10H,3-4,7-9H2,(H,17,21)(H,18,24)(H,22,23). The second-order valence-electron chi connectivity index (χ2n) is 5.74. The molecule has 1 saturated heterocycles. The lowest BCUT2D eigenvalue weighted by Gasteiger charge is -2.11. The van der Waals surface area contributed by atoms with E-state index in [1.54, 1.807) is 12.1 Å². The summed E-state index contributed by atoms with van der Waals surface area (Å²) < 4.78 is 6.99. The highest BCUT2D eigenvalue weighted by molar-refractivity contribution is 7.99. The van der Waals surface area contributed by atoms with Gasteiger partial charge < -0.3 is 15.2 Å². The number of nitrogens with zero attached hydrogens (tertiary/aromatic N) is 2. The van der Waals surface area contributed by atoms with E-state index in [9.17, 15) is 14.4 Å². The number of hydrogen-bond donors (Lipinski definition) is 3. The highest BCUT2D eigenvalue weighted by Crippen LogP contribution is 2.19. The van der Waals surface area contributed by atoms with Crippen molar-refractivity contribution in [1.29, 1.82) is 0 Å². The Labute approximate surface area is 152 Å². The minimum atomic E-state index is -1.12. The van der Waals surface area contributed by atoms with Crippen molar-refractivity contribution >= 4 is 29.3 Å². The van der Waals surface area contributed by atoms with Crippen molar-refractivity contribution in [3.05, 3.63) is 40.3 Å². The summed E-state index contributed by atoms with van der Waals surface area (Å²) >= 11 is 1.10. The van der Waals surface area contributed by atoms with Crippen LogP contribution in [0.15, 0.2) is 34.2 Å². The summed E-state index contributed by atoms with van der Waals surface area (Å²) in [6.07, 6.45) is 1.82. The Kier molecular flexibility index (Phi) is 5.74. The normalized spacial score (nSPS) is 16.5. The Bertz CT molecular complexity index is 856. The van der Waals surface area contributed by atoms with Gasteiger partial charge in [0.2, 0.25) is 5.91 Å². The van der Waals surface area contributed by atoms with E-state index < -0.39 is 5.97 Å². The van der Waals surface area contributed by atoms with Crippen LogP contribution >= 0.6 is 11.8 Å². The smallest absolute Gasteiger partial charge is 0.344 e. The van der Waals surface area contributed by atoms with Crippen molar-refractivity contribution in [2.45, 2.75) is 30.6 Å². The van der Waals surface area contributed by atoms with E-state index in [4.69, 9.17) is 9.84 Å². The molecule has 1 aromatic heterocycles. The molecule has 0 spiro atoms. The van der Waals surface area contributed by atoms with Gasteiger partial charge in [-0.05, 0) is 25.0 Å². The molecule has 9 nitrogen and oxygen atoms in total. The molecule has 0 radical (unpaired) electrons. The van der Waals surface area contributed by atoms with Crippen LogP contribution in [0.1, 0.15) is 23.2 Å². The number of para-hydroxylation sites is 1. The van der Waals surface area contributed by atoms with Gasteiger partial charge in [-0.3, -0.25) is 9.36 Å². The van der Waals surface area contributed by atoms with Crippen LogP contribution < -0.4 is 11.0 Å². The number of H-pyrrole nitrogens is 1. The Morgan fingerprint density at radius 2 is 2.23 bits per heavy atom. The van der Waals surface area contributed by atoms with Crippen molar-refractivity contribution in [2.75, 3.05) is 17.7 Å². The summed E-state index contributed by atoms with van der Waals surface area (Å²) in [6.45, 7) is 1.08. The number of nitrogens with one attached hydrogen (secondary N) is 2. The number of amides is 1. The lowest BCUT2D eigenvalue weighted by atomic mass is 10.2. The summed E-state index contributed by atoms with van der Waals surface area (Å²) in [5.41, 5.74) is -0.107. The fourth-order valence-electron chi connectivity index (χ4n) is 2.66. The van der Waals surface area contributed by atoms with Gasteiger partial charge in [-0.15, -0.1) is 5.10 Å². The fraction of sp³-hybridized carbons (Fsp3) is 0.375. The molecule has 138 valence electrons. The summed E-state index contributed by atoms with van der Waals surface area (Å²) in [5.74, 6) is -1.52. The molecule has 0 saturated carbocycles. The van der Waals surface area contributed by atoms with Gasteiger partial charge in [-0.25, -0.2) is 14.7 Å². The second kappa shape index (κ2) is 8.19. The zero-order valence-corrected chi connectivity index (χ0v) is 14.6. The highest BCUT2D eigenvalue weighted by atomic mass is 32.2. The van der Waals surface area contributed by atoms with Gasteiger partial charge in [0.15, 0.2) is 5.16 Å². The summed E-state index contributed by atoms with van der Waals surface area (Å²) in [7, 11) is 0. The van der Waals surface area contributed by atoms with E-state index in [2.05, 4.69) is 15.5 Å². The molecular weight excluding hydrogens is 360 g/mol. The Morgan fingerprint density at radius 3 is 2.96 bits per heavy atom. The zero-order chi connectivity index (χ0) is 18.5. The number of thioether (sulfide) groups is 1. The number of anilines is 1. The summed E-state index contributed by atoms with van der Waals surface area (Å²) in [6, 6.07) is 6.16. The molecule has 2 aromatic rings. The van der Waals surface area contributed by atoms with E-state index in [0.29, 0.717) is 18.3 Å². The van der Waals surface area contributed by atoms with Crippen molar-refractivity contribution in [1.82, 2.24) is 14.8 Å². The molecule has 1 aliphatic heterocycles. The molecule has 2 heterocycles. The van der Waals surface area contributed by atoms with Crippen LogP contribution in [-0.2, 0) is 16.1 Å². The maximum absolute atomic E-state index is 12.1. The van der Waals surface area contributed by atoms with Crippen LogP contribution in [0.5, 0.6) is 0 Å². The summed E-state index contributed by atoms with van der Waals surface area (Å²) in [4.78, 5) is 35.2. The number of benzene rings is 1. The number of carboxylic acids is 1. The number of carbonyl (C=O) groups excluding carboxylic acids is 1. The number of aromatic nitrogens is 3. The average Bonchev–Trinajstić information content (AvgIpc) is 3.25. The Hall–Kier alpha value is -2.59. The first-order chi connectivity index (χ1) is 12.5. The van der Waals surface area contributed by atoms with Crippen molar-refractivity contribution in [3.8, 4) is 0 Å². The largest absolute Gasteiger partial charge is 0.478 e. The second-order valence-corrected chi connectivity index (χ2v) is 6.69. The van der Waals surface area contributed by atoms with Crippen molar-refractivity contribution < 1.29 is 19.4 Å². The zero-order valence-electron chi connectivity index (χ0n) is 13.8. The lowest BCUT2D eigenvalue weighted by Crippen LogP contribution is -2.25. The average molecular weight is 378 g/mol. The Morgan fingerprint density at radius 1 is 1.42 bits per heavy atom. The number of carboxylic acid groups (broad SMARTS) is 1. The first-order valence-electron chi connectivity index (χ1n) is 8.06. The van der Waals surface area contributed by atoms with Gasteiger partial charge in [0.05, 0.1) is 29.7 Å². The monoisotopic (exact) mass is 378 g/mol. The molecule has 3 N–H and O–H groups in total. The van der Waals surface area contributed by atoms with Gasteiger partial charge in [0.25, 0.3) is 0 Å². The fourth-order valence-corrected chi connectivity index (χ4v) is 3.42. The van der Waals surface area contributed by atoms with Crippen molar-refractivity contribution in [2.24, 2.45) is 0 Å². The van der Waals surface area contributed by atoms with E-state index in [1.165, 1.54) is 16.7 Å². The lowest BCUT2D eigenvalue weighted by molar-refractivity contribution is -0.113. The predicted molar refractivity (Wildman–Crippen MR) is 94.6 cm³/mol.